The maximum absolute atomic E-state index is 12.7. The fourth-order valence-electron chi connectivity index (χ4n) is 4.04. The number of alkyl halides is 2. The molecular weight excluding hydrogens is 528 g/mol. The number of nitrogens with zero attached hydrogens (tertiary/aromatic N) is 1. The van der Waals surface area contributed by atoms with Crippen LogP contribution in [0.3, 0.4) is 0 Å². The molecule has 3 aromatic rings. The molecule has 1 saturated heterocycles. The first-order chi connectivity index (χ1) is 15.7. The van der Waals surface area contributed by atoms with Gasteiger partial charge in [-0.3, -0.25) is 9.78 Å². The topological polar surface area (TPSA) is 66.5 Å². The second-order valence-electron chi connectivity index (χ2n) is 7.94. The van der Waals surface area contributed by atoms with Gasteiger partial charge in [-0.2, -0.15) is 0 Å². The second kappa shape index (κ2) is 8.81. The zero-order valence-electron chi connectivity index (χ0n) is 16.7. The lowest BCUT2D eigenvalue weighted by atomic mass is 10.1. The Morgan fingerprint density at radius 3 is 2.45 bits per heavy atom. The number of hydrogen-bond acceptors (Lipinski definition) is 4. The summed E-state index contributed by atoms with van der Waals surface area (Å²) >= 11 is 31.7. The number of amides is 1. The van der Waals surface area contributed by atoms with Gasteiger partial charge in [-0.05, 0) is 54.1 Å². The quantitative estimate of drug-likeness (QED) is 0.259. The Balaban J connectivity index is 1.27. The third-order valence-corrected chi connectivity index (χ3v) is 7.41. The van der Waals surface area contributed by atoms with Crippen LogP contribution in [0.25, 0.3) is 0 Å². The molecule has 1 amide bonds. The smallest absolute Gasteiger partial charge is 0.257 e. The number of ether oxygens (including phenoxy) is 1. The van der Waals surface area contributed by atoms with Gasteiger partial charge < -0.3 is 15.4 Å². The van der Waals surface area contributed by atoms with Crippen LogP contribution in [0.2, 0.25) is 15.1 Å². The summed E-state index contributed by atoms with van der Waals surface area (Å²) in [6.07, 6.45) is 2.68. The molecule has 170 valence electrons. The highest BCUT2D eigenvalue weighted by Crippen LogP contribution is 2.69. The number of epoxide rings is 1. The molecule has 0 bridgehead atoms. The first-order valence-electron chi connectivity index (χ1n) is 10.0. The van der Waals surface area contributed by atoms with Crippen LogP contribution in [0.15, 0.2) is 60.9 Å². The summed E-state index contributed by atoms with van der Waals surface area (Å²) in [5.74, 6) is -0.626. The first-order valence-corrected chi connectivity index (χ1v) is 11.9. The predicted octanol–water partition coefficient (Wildman–Crippen LogP) is 7.02. The SMILES string of the molecule is O=C(Nc1cccnc1)c1cc(NC2OC2C2C(c3cc(Cl)cc(Cl)c3)C2(Cl)Cl)ccc1Cl. The highest BCUT2D eigenvalue weighted by molar-refractivity contribution is 6.52. The number of aromatic nitrogens is 1. The molecular formula is C23H16Cl5N3O2. The molecule has 33 heavy (non-hydrogen) atoms. The van der Waals surface area contributed by atoms with Crippen molar-refractivity contribution in [1.29, 1.82) is 0 Å². The summed E-state index contributed by atoms with van der Waals surface area (Å²) in [6.45, 7) is 0. The molecule has 10 heteroatoms. The minimum Gasteiger partial charge on any atom is -0.358 e. The molecule has 1 aromatic heterocycles. The first kappa shape index (κ1) is 23.0. The van der Waals surface area contributed by atoms with Crippen LogP contribution in [0.1, 0.15) is 21.8 Å². The van der Waals surface area contributed by atoms with Crippen molar-refractivity contribution in [3.63, 3.8) is 0 Å². The van der Waals surface area contributed by atoms with Crippen LogP contribution in [0.5, 0.6) is 0 Å². The maximum Gasteiger partial charge on any atom is 0.257 e. The number of halogens is 5. The molecule has 5 rings (SSSR count). The zero-order chi connectivity index (χ0) is 23.3. The summed E-state index contributed by atoms with van der Waals surface area (Å²) in [5.41, 5.74) is 2.45. The van der Waals surface area contributed by atoms with E-state index in [2.05, 4.69) is 15.6 Å². The fourth-order valence-corrected chi connectivity index (χ4v) is 5.69. The summed E-state index contributed by atoms with van der Waals surface area (Å²) in [6, 6.07) is 13.9. The lowest BCUT2D eigenvalue weighted by molar-refractivity contribution is 0.102. The van der Waals surface area contributed by atoms with Crippen molar-refractivity contribution in [2.24, 2.45) is 5.92 Å². The predicted molar refractivity (Wildman–Crippen MR) is 133 cm³/mol. The highest BCUT2D eigenvalue weighted by Gasteiger charge is 2.72. The standard InChI is InChI=1S/C23H16Cl5N3O2/c24-12-6-11(7-13(25)8-12)18-19(23(18,27)28)20-22(33-20)31-14-3-4-17(26)16(9-14)21(32)30-15-2-1-5-29-10-15/h1-10,18-20,22,31H,(H,30,32). The van der Waals surface area contributed by atoms with E-state index in [0.717, 1.165) is 5.56 Å². The van der Waals surface area contributed by atoms with E-state index in [1.165, 1.54) is 0 Å². The Labute approximate surface area is 215 Å². The lowest BCUT2D eigenvalue weighted by Gasteiger charge is -2.09. The molecule has 2 N–H and O–H groups in total. The molecule has 1 aliphatic carbocycles. The Morgan fingerprint density at radius 1 is 1.00 bits per heavy atom. The number of pyridine rings is 1. The van der Waals surface area contributed by atoms with Gasteiger partial charge in [0.05, 0.1) is 22.5 Å². The molecule has 2 fully saturated rings. The maximum atomic E-state index is 12.7. The number of benzene rings is 2. The molecule has 2 heterocycles. The average molecular weight is 544 g/mol. The highest BCUT2D eigenvalue weighted by atomic mass is 35.5. The van der Waals surface area contributed by atoms with Gasteiger partial charge in [0.1, 0.15) is 10.4 Å². The monoisotopic (exact) mass is 541 g/mol. The van der Waals surface area contributed by atoms with Crippen LogP contribution < -0.4 is 10.6 Å². The van der Waals surface area contributed by atoms with Crippen molar-refractivity contribution < 1.29 is 9.53 Å². The molecule has 1 aliphatic heterocycles. The Morgan fingerprint density at radius 2 is 1.76 bits per heavy atom. The molecule has 2 aromatic carbocycles. The largest absolute Gasteiger partial charge is 0.358 e. The zero-order valence-corrected chi connectivity index (χ0v) is 20.5. The van der Waals surface area contributed by atoms with Crippen LogP contribution in [0, 0.1) is 5.92 Å². The summed E-state index contributed by atoms with van der Waals surface area (Å²) in [7, 11) is 0. The van der Waals surface area contributed by atoms with Gasteiger partial charge in [0.15, 0.2) is 6.23 Å². The summed E-state index contributed by atoms with van der Waals surface area (Å²) in [5, 5.41) is 7.42. The van der Waals surface area contributed by atoms with Gasteiger partial charge in [-0.25, -0.2) is 0 Å². The van der Waals surface area contributed by atoms with Crippen LogP contribution in [0.4, 0.5) is 11.4 Å². The van der Waals surface area contributed by atoms with Crippen LogP contribution in [-0.2, 0) is 4.74 Å². The van der Waals surface area contributed by atoms with Crippen molar-refractivity contribution >= 4 is 75.3 Å². The number of carbonyl (C=O) groups excluding carboxylic acids is 1. The van der Waals surface area contributed by atoms with Crippen molar-refractivity contribution in [3.8, 4) is 0 Å². The van der Waals surface area contributed by atoms with E-state index in [1.807, 2.05) is 12.1 Å². The molecule has 1 saturated carbocycles. The van der Waals surface area contributed by atoms with E-state index in [4.69, 9.17) is 62.7 Å². The number of anilines is 2. The van der Waals surface area contributed by atoms with Gasteiger partial charge >= 0.3 is 0 Å². The van der Waals surface area contributed by atoms with E-state index in [0.29, 0.717) is 32.0 Å². The fraction of sp³-hybridized carbons (Fsp3) is 0.217. The molecule has 0 radical (unpaired) electrons. The molecule has 4 atom stereocenters. The van der Waals surface area contributed by atoms with Crippen LogP contribution in [-0.4, -0.2) is 27.6 Å². The normalized spacial score (nSPS) is 24.8. The average Bonchev–Trinajstić information content (AvgIpc) is 3.63. The van der Waals surface area contributed by atoms with E-state index in [-0.39, 0.29) is 30.1 Å². The Hall–Kier alpha value is -1.73. The summed E-state index contributed by atoms with van der Waals surface area (Å²) < 4.78 is 4.85. The molecule has 4 unspecified atom stereocenters. The minimum absolute atomic E-state index is 0.131. The van der Waals surface area contributed by atoms with E-state index in [1.54, 1.807) is 48.8 Å². The Kier molecular flexibility index (Phi) is 6.15. The van der Waals surface area contributed by atoms with Crippen molar-refractivity contribution in [2.45, 2.75) is 22.6 Å². The van der Waals surface area contributed by atoms with Crippen molar-refractivity contribution in [3.05, 3.63) is 87.1 Å². The Bertz CT molecular complexity index is 1200. The van der Waals surface area contributed by atoms with Crippen molar-refractivity contribution in [1.82, 2.24) is 4.98 Å². The van der Waals surface area contributed by atoms with Crippen LogP contribution >= 0.6 is 58.0 Å². The number of hydrogen-bond donors (Lipinski definition) is 2. The summed E-state index contributed by atoms with van der Waals surface area (Å²) in [4.78, 5) is 16.7. The number of rotatable bonds is 6. The number of carbonyl (C=O) groups is 1. The van der Waals surface area contributed by atoms with E-state index >= 15 is 0 Å². The van der Waals surface area contributed by atoms with E-state index in [9.17, 15) is 4.79 Å². The third-order valence-electron chi connectivity index (χ3n) is 5.67. The molecule has 0 spiro atoms. The van der Waals surface area contributed by atoms with Gasteiger partial charge in [-0.1, -0.05) is 34.8 Å². The van der Waals surface area contributed by atoms with Gasteiger partial charge in [0.2, 0.25) is 0 Å². The van der Waals surface area contributed by atoms with Gasteiger partial charge in [0, 0.05) is 33.8 Å². The van der Waals surface area contributed by atoms with E-state index < -0.39 is 4.33 Å². The van der Waals surface area contributed by atoms with Gasteiger partial charge in [-0.15, -0.1) is 23.2 Å². The van der Waals surface area contributed by atoms with Gasteiger partial charge in [0.25, 0.3) is 5.91 Å². The lowest BCUT2D eigenvalue weighted by Crippen LogP contribution is -2.14. The second-order valence-corrected chi connectivity index (χ2v) is 10.7. The third kappa shape index (κ3) is 4.76. The minimum atomic E-state index is -0.982. The molecule has 2 aliphatic rings. The number of nitrogens with one attached hydrogen (secondary N) is 2. The van der Waals surface area contributed by atoms with Crippen molar-refractivity contribution in [2.75, 3.05) is 10.6 Å². The molecule has 5 nitrogen and oxygen atoms in total.